The fourth-order valence-electron chi connectivity index (χ4n) is 2.11. The van der Waals surface area contributed by atoms with Crippen molar-refractivity contribution in [3.63, 3.8) is 0 Å². The van der Waals surface area contributed by atoms with Crippen LogP contribution in [0.25, 0.3) is 0 Å². The second-order valence-corrected chi connectivity index (χ2v) is 4.97. The molecule has 8 heteroatoms. The minimum absolute atomic E-state index is 0.0224. The first kappa shape index (κ1) is 15.3. The molecule has 0 saturated heterocycles. The van der Waals surface area contributed by atoms with Crippen molar-refractivity contribution < 1.29 is 27.2 Å². The van der Waals surface area contributed by atoms with Crippen LogP contribution in [0.5, 0.6) is 0 Å². The van der Waals surface area contributed by atoms with E-state index in [4.69, 9.17) is 0 Å². The van der Waals surface area contributed by atoms with Crippen LogP contribution in [0.2, 0.25) is 0 Å². The van der Waals surface area contributed by atoms with Gasteiger partial charge < -0.3 is 10.2 Å². The molecule has 1 N–H and O–H groups in total. The molecule has 2 rings (SSSR count). The summed E-state index contributed by atoms with van der Waals surface area (Å²) in [5.41, 5.74) is -0.456. The van der Waals surface area contributed by atoms with Gasteiger partial charge in [0.2, 0.25) is 0 Å². The summed E-state index contributed by atoms with van der Waals surface area (Å²) in [4.78, 5) is 23.5. The molecule has 0 atom stereocenters. The average Bonchev–Trinajstić information content (AvgIpc) is 2.61. The van der Waals surface area contributed by atoms with Crippen LogP contribution >= 0.6 is 0 Å². The molecule has 0 saturated carbocycles. The number of anilines is 2. The monoisotopic (exact) mass is 304 g/mol. The maximum Gasteiger partial charge on any atom is 0.405 e. The molecule has 1 amide bonds. The maximum atomic E-state index is 14.0. The number of hydrogen-bond acceptors (Lipinski definition) is 3. The zero-order chi connectivity index (χ0) is 15.9. The van der Waals surface area contributed by atoms with E-state index in [2.05, 4.69) is 5.32 Å². The van der Waals surface area contributed by atoms with Crippen LogP contribution < -0.4 is 10.2 Å². The van der Waals surface area contributed by atoms with Gasteiger partial charge in [0.15, 0.2) is 0 Å². The van der Waals surface area contributed by atoms with E-state index < -0.39 is 36.3 Å². The topological polar surface area (TPSA) is 49.4 Å². The number of halogens is 4. The molecule has 114 valence electrons. The summed E-state index contributed by atoms with van der Waals surface area (Å²) in [7, 11) is 0. The Morgan fingerprint density at radius 3 is 2.38 bits per heavy atom. The van der Waals surface area contributed by atoms with Gasteiger partial charge in [0, 0.05) is 6.04 Å². The van der Waals surface area contributed by atoms with Gasteiger partial charge in [-0.1, -0.05) is 0 Å². The van der Waals surface area contributed by atoms with Crippen LogP contribution in [0.15, 0.2) is 12.1 Å². The van der Waals surface area contributed by atoms with Crippen molar-refractivity contribution >= 4 is 23.1 Å². The Morgan fingerprint density at radius 1 is 1.24 bits per heavy atom. The number of hydrogen-bond donors (Lipinski definition) is 1. The summed E-state index contributed by atoms with van der Waals surface area (Å²) in [5.74, 6) is -2.80. The van der Waals surface area contributed by atoms with Gasteiger partial charge in [-0.25, -0.2) is 4.39 Å². The highest BCUT2D eigenvalue weighted by Gasteiger charge is 2.35. The number of Topliss-reactive ketones (excluding diaryl/α,β-unsaturated/α-hetero) is 1. The van der Waals surface area contributed by atoms with Gasteiger partial charge in [0.05, 0.1) is 16.9 Å². The van der Waals surface area contributed by atoms with Crippen molar-refractivity contribution in [2.24, 2.45) is 0 Å². The lowest BCUT2D eigenvalue weighted by molar-refractivity contribution is -0.120. The van der Waals surface area contributed by atoms with Crippen LogP contribution in [0.4, 0.5) is 28.9 Å². The minimum Gasteiger partial charge on any atom is -0.358 e. The van der Waals surface area contributed by atoms with Crippen LogP contribution in [0.1, 0.15) is 24.2 Å². The predicted octanol–water partition coefficient (Wildman–Crippen LogP) is 2.74. The molecular formula is C13H12F4N2O2. The normalized spacial score (nSPS) is 14.4. The summed E-state index contributed by atoms with van der Waals surface area (Å²) in [6.45, 7) is 1.65. The number of carbonyl (C=O) groups excluding carboxylic acids is 2. The fraction of sp³-hybridized carbons (Fsp3) is 0.385. The van der Waals surface area contributed by atoms with Crippen LogP contribution in [0, 0.1) is 5.82 Å². The van der Waals surface area contributed by atoms with Crippen LogP contribution in [-0.4, -0.2) is 30.5 Å². The van der Waals surface area contributed by atoms with E-state index in [-0.39, 0.29) is 16.9 Å². The van der Waals surface area contributed by atoms with E-state index in [1.54, 1.807) is 0 Å². The van der Waals surface area contributed by atoms with E-state index in [9.17, 15) is 27.2 Å². The Hall–Kier alpha value is -2.12. The van der Waals surface area contributed by atoms with Gasteiger partial charge in [-0.3, -0.25) is 9.59 Å². The summed E-state index contributed by atoms with van der Waals surface area (Å²) in [6.07, 6.45) is -4.51. The third-order valence-electron chi connectivity index (χ3n) is 3.07. The van der Waals surface area contributed by atoms with Gasteiger partial charge in [0.1, 0.15) is 12.4 Å². The first-order chi connectivity index (χ1) is 9.60. The largest absolute Gasteiger partial charge is 0.405 e. The zero-order valence-electron chi connectivity index (χ0n) is 11.2. The smallest absolute Gasteiger partial charge is 0.358 e. The lowest BCUT2D eigenvalue weighted by Gasteiger charge is -2.30. The molecule has 0 fully saturated rings. The first-order valence-electron chi connectivity index (χ1n) is 6.13. The number of alkyl halides is 3. The van der Waals surface area contributed by atoms with Crippen molar-refractivity contribution in [3.8, 4) is 0 Å². The third-order valence-corrected chi connectivity index (χ3v) is 3.07. The van der Waals surface area contributed by atoms with E-state index in [0.717, 1.165) is 17.0 Å². The van der Waals surface area contributed by atoms with E-state index in [1.807, 2.05) is 0 Å². The van der Waals surface area contributed by atoms with Gasteiger partial charge in [0.25, 0.3) is 11.7 Å². The van der Waals surface area contributed by atoms with Crippen molar-refractivity contribution in [2.45, 2.75) is 26.1 Å². The third kappa shape index (κ3) is 2.98. The zero-order valence-corrected chi connectivity index (χ0v) is 11.2. The van der Waals surface area contributed by atoms with Gasteiger partial charge in [-0.05, 0) is 26.0 Å². The number of rotatable bonds is 3. The highest BCUT2D eigenvalue weighted by Crippen LogP contribution is 2.33. The molecule has 0 bridgehead atoms. The number of ketones is 1. The molecule has 0 aliphatic carbocycles. The second kappa shape index (κ2) is 5.01. The average molecular weight is 304 g/mol. The molecule has 1 aliphatic rings. The van der Waals surface area contributed by atoms with Crippen molar-refractivity contribution in [1.29, 1.82) is 0 Å². The highest BCUT2D eigenvalue weighted by molar-refractivity contribution is 6.51. The molecular weight excluding hydrogens is 292 g/mol. The highest BCUT2D eigenvalue weighted by atomic mass is 19.4. The number of amides is 1. The number of carbonyl (C=O) groups is 2. The van der Waals surface area contributed by atoms with E-state index in [1.165, 1.54) is 13.8 Å². The minimum atomic E-state index is -4.51. The molecule has 0 spiro atoms. The van der Waals surface area contributed by atoms with Crippen molar-refractivity contribution in [3.05, 3.63) is 23.5 Å². The molecule has 1 aromatic rings. The summed E-state index contributed by atoms with van der Waals surface area (Å²) >= 11 is 0. The first-order valence-corrected chi connectivity index (χ1v) is 6.13. The summed E-state index contributed by atoms with van der Waals surface area (Å²) < 4.78 is 51.8. The van der Waals surface area contributed by atoms with Gasteiger partial charge in [-0.15, -0.1) is 0 Å². The molecule has 4 nitrogen and oxygen atoms in total. The maximum absolute atomic E-state index is 14.0. The van der Waals surface area contributed by atoms with Crippen LogP contribution in [-0.2, 0) is 4.79 Å². The Labute approximate surface area is 117 Å². The second-order valence-electron chi connectivity index (χ2n) is 4.97. The van der Waals surface area contributed by atoms with Crippen molar-refractivity contribution in [2.75, 3.05) is 16.8 Å². The SMILES string of the molecule is CC(C)N(CC(F)(F)F)c1cc2c(cc1F)C(=O)C(=O)N2. The quantitative estimate of drug-likeness (QED) is 0.690. The van der Waals surface area contributed by atoms with E-state index in [0.29, 0.717) is 0 Å². The standard InChI is InChI=1S/C13H12F4N2O2/c1-6(2)19(5-13(15,16)17)10-4-9-7(3-8(10)14)11(20)12(21)18-9/h3-4,6H,5H2,1-2H3,(H,18,20,21). The predicted molar refractivity (Wildman–Crippen MR) is 67.9 cm³/mol. The van der Waals surface area contributed by atoms with Crippen molar-refractivity contribution in [1.82, 2.24) is 0 Å². The number of nitrogens with one attached hydrogen (secondary N) is 1. The summed E-state index contributed by atoms with van der Waals surface area (Å²) in [6, 6.07) is 1.22. The van der Waals surface area contributed by atoms with E-state index >= 15 is 0 Å². The lowest BCUT2D eigenvalue weighted by atomic mass is 10.1. The Morgan fingerprint density at radius 2 is 1.86 bits per heavy atom. The van der Waals surface area contributed by atoms with Gasteiger partial charge in [-0.2, -0.15) is 13.2 Å². The molecule has 1 aromatic carbocycles. The molecule has 0 radical (unpaired) electrons. The van der Waals surface area contributed by atoms with Crippen LogP contribution in [0.3, 0.4) is 0 Å². The van der Waals surface area contributed by atoms with Gasteiger partial charge >= 0.3 is 6.18 Å². The fourth-order valence-corrected chi connectivity index (χ4v) is 2.11. The lowest BCUT2D eigenvalue weighted by Crippen LogP contribution is -2.39. The Bertz CT molecular complexity index is 611. The molecule has 21 heavy (non-hydrogen) atoms. The number of benzene rings is 1. The molecule has 1 aliphatic heterocycles. The molecule has 0 unspecified atom stereocenters. The Balaban J connectivity index is 2.46. The molecule has 1 heterocycles. The summed E-state index contributed by atoms with van der Waals surface area (Å²) in [5, 5.41) is 2.21. The molecule has 0 aromatic heterocycles. The number of nitrogens with zero attached hydrogens (tertiary/aromatic N) is 1. The number of fused-ring (bicyclic) bond motifs is 1. The Kier molecular flexibility index (Phi) is 3.65.